The highest BCUT2D eigenvalue weighted by Crippen LogP contribution is 2.32. The summed E-state index contributed by atoms with van der Waals surface area (Å²) in [4.78, 5) is 7.59. The molecule has 1 aromatic heterocycles. The first kappa shape index (κ1) is 13.7. The van der Waals surface area contributed by atoms with Gasteiger partial charge in [-0.05, 0) is 52.2 Å². The number of hydrogen-bond donors (Lipinski definition) is 0. The summed E-state index contributed by atoms with van der Waals surface area (Å²) in [5.74, 6) is -0.542. The number of benzene rings is 1. The van der Waals surface area contributed by atoms with Crippen molar-refractivity contribution >= 4 is 27.5 Å². The highest BCUT2D eigenvalue weighted by Gasteiger charge is 2.14. The number of aryl methyl sites for hydroxylation is 1. The van der Waals surface area contributed by atoms with Crippen molar-refractivity contribution in [3.63, 3.8) is 0 Å². The molecule has 2 aromatic rings. The Morgan fingerprint density at radius 1 is 1.47 bits per heavy atom. The predicted molar refractivity (Wildman–Crippen MR) is 70.7 cm³/mol. The topological polar surface area (TPSA) is 58.8 Å². The molecule has 0 amide bonds. The zero-order chi connectivity index (χ0) is 14.0. The van der Waals surface area contributed by atoms with Crippen molar-refractivity contribution in [2.45, 2.75) is 6.92 Å². The van der Waals surface area contributed by atoms with Gasteiger partial charge in [-0.1, -0.05) is 0 Å². The molecule has 1 heterocycles. The Balaban J connectivity index is 2.44. The van der Waals surface area contributed by atoms with Crippen LogP contribution >= 0.6 is 27.5 Å². The van der Waals surface area contributed by atoms with Gasteiger partial charge in [-0.25, -0.2) is 9.37 Å². The zero-order valence-electron chi connectivity index (χ0n) is 9.62. The van der Waals surface area contributed by atoms with Crippen LogP contribution in [0.1, 0.15) is 11.1 Å². The van der Waals surface area contributed by atoms with E-state index >= 15 is 0 Å². The average molecular weight is 343 g/mol. The largest absolute Gasteiger partial charge is 0.434 e. The Hall–Kier alpha value is -1.71. The molecule has 19 heavy (non-hydrogen) atoms. The van der Waals surface area contributed by atoms with E-state index in [2.05, 4.69) is 25.9 Å². The van der Waals surface area contributed by atoms with Gasteiger partial charge in [0.2, 0.25) is 11.2 Å². The summed E-state index contributed by atoms with van der Waals surface area (Å²) in [6.45, 7) is 1.63. The smallest absolute Gasteiger partial charge is 0.238 e. The van der Waals surface area contributed by atoms with E-state index in [4.69, 9.17) is 21.6 Å². The van der Waals surface area contributed by atoms with E-state index in [9.17, 15) is 4.39 Å². The molecule has 0 aliphatic rings. The fraction of sp³-hybridized carbons (Fsp3) is 0.0833. The standard InChI is InChI=1S/C12H6BrClFN3O/c1-6-2-7(4-16)3-9(15)10(6)19-11-8(13)5-17-12(14)18-11/h2-3,5H,1H3. The van der Waals surface area contributed by atoms with Gasteiger partial charge in [0.15, 0.2) is 11.6 Å². The molecule has 0 fully saturated rings. The highest BCUT2D eigenvalue weighted by molar-refractivity contribution is 9.10. The molecular weight excluding hydrogens is 337 g/mol. The molecular formula is C12H6BrClFN3O. The maximum absolute atomic E-state index is 13.8. The van der Waals surface area contributed by atoms with Gasteiger partial charge in [0, 0.05) is 6.20 Å². The average Bonchev–Trinajstić information content (AvgIpc) is 2.37. The summed E-state index contributed by atoms with van der Waals surface area (Å²) >= 11 is 8.83. The molecule has 0 N–H and O–H groups in total. The third-order valence-corrected chi connectivity index (χ3v) is 2.97. The van der Waals surface area contributed by atoms with Crippen molar-refractivity contribution in [1.29, 1.82) is 5.26 Å². The number of nitrogens with zero attached hydrogens (tertiary/aromatic N) is 3. The molecule has 0 aliphatic heterocycles. The third-order valence-electron chi connectivity index (χ3n) is 2.24. The summed E-state index contributed by atoms with van der Waals surface area (Å²) in [6.07, 6.45) is 1.40. The van der Waals surface area contributed by atoms with Crippen molar-refractivity contribution in [2.24, 2.45) is 0 Å². The maximum Gasteiger partial charge on any atom is 0.238 e. The number of rotatable bonds is 2. The molecule has 0 saturated carbocycles. The number of aromatic nitrogens is 2. The molecule has 4 nitrogen and oxygen atoms in total. The highest BCUT2D eigenvalue weighted by atomic mass is 79.9. The van der Waals surface area contributed by atoms with Gasteiger partial charge < -0.3 is 4.74 Å². The van der Waals surface area contributed by atoms with Crippen LogP contribution in [-0.4, -0.2) is 9.97 Å². The van der Waals surface area contributed by atoms with Crippen molar-refractivity contribution < 1.29 is 9.13 Å². The van der Waals surface area contributed by atoms with Crippen LogP contribution in [-0.2, 0) is 0 Å². The summed E-state index contributed by atoms with van der Waals surface area (Å²) in [5.41, 5.74) is 0.709. The third kappa shape index (κ3) is 3.00. The van der Waals surface area contributed by atoms with E-state index in [0.29, 0.717) is 10.0 Å². The lowest BCUT2D eigenvalue weighted by Crippen LogP contribution is -1.97. The van der Waals surface area contributed by atoms with E-state index in [1.54, 1.807) is 6.92 Å². The van der Waals surface area contributed by atoms with Crippen molar-refractivity contribution in [2.75, 3.05) is 0 Å². The quantitative estimate of drug-likeness (QED) is 0.774. The first-order chi connectivity index (χ1) is 9.01. The molecule has 1 aromatic carbocycles. The van der Waals surface area contributed by atoms with Gasteiger partial charge in [-0.3, -0.25) is 0 Å². The Labute approximate surface area is 122 Å². The van der Waals surface area contributed by atoms with Gasteiger partial charge in [0.1, 0.15) is 0 Å². The second-order valence-corrected chi connectivity index (χ2v) is 4.80. The second-order valence-electron chi connectivity index (χ2n) is 3.61. The van der Waals surface area contributed by atoms with Crippen LogP contribution in [0.25, 0.3) is 0 Å². The zero-order valence-corrected chi connectivity index (χ0v) is 12.0. The molecule has 0 unspecified atom stereocenters. The summed E-state index contributed by atoms with van der Waals surface area (Å²) in [7, 11) is 0. The molecule has 0 aliphatic carbocycles. The molecule has 0 saturated heterocycles. The Morgan fingerprint density at radius 3 is 2.84 bits per heavy atom. The van der Waals surface area contributed by atoms with E-state index in [1.807, 2.05) is 6.07 Å². The van der Waals surface area contributed by atoms with E-state index in [-0.39, 0.29) is 22.5 Å². The minimum Gasteiger partial charge on any atom is -0.434 e. The van der Waals surface area contributed by atoms with Crippen LogP contribution in [0.5, 0.6) is 11.6 Å². The lowest BCUT2D eigenvalue weighted by molar-refractivity contribution is 0.420. The summed E-state index contributed by atoms with van der Waals surface area (Å²) in [5, 5.41) is 8.74. The lowest BCUT2D eigenvalue weighted by Gasteiger charge is -2.10. The second kappa shape index (κ2) is 5.51. The summed E-state index contributed by atoms with van der Waals surface area (Å²) < 4.78 is 19.7. The van der Waals surface area contributed by atoms with Crippen LogP contribution in [0, 0.1) is 24.1 Å². The van der Waals surface area contributed by atoms with E-state index < -0.39 is 5.82 Å². The number of halogens is 3. The monoisotopic (exact) mass is 341 g/mol. The lowest BCUT2D eigenvalue weighted by atomic mass is 10.1. The molecule has 0 atom stereocenters. The fourth-order valence-electron chi connectivity index (χ4n) is 1.42. The van der Waals surface area contributed by atoms with Crippen LogP contribution in [0.2, 0.25) is 5.28 Å². The number of ether oxygens (including phenoxy) is 1. The van der Waals surface area contributed by atoms with Gasteiger partial charge in [0.05, 0.1) is 16.1 Å². The maximum atomic E-state index is 13.8. The van der Waals surface area contributed by atoms with Gasteiger partial charge in [-0.2, -0.15) is 10.2 Å². The molecule has 0 radical (unpaired) electrons. The normalized spacial score (nSPS) is 10.1. The molecule has 0 bridgehead atoms. The Bertz CT molecular complexity index is 664. The number of nitriles is 1. The molecule has 96 valence electrons. The van der Waals surface area contributed by atoms with Gasteiger partial charge in [-0.15, -0.1) is 0 Å². The predicted octanol–water partition coefficient (Wildman–Crippen LogP) is 4.00. The first-order valence-corrected chi connectivity index (χ1v) is 6.24. The van der Waals surface area contributed by atoms with E-state index in [0.717, 1.165) is 6.07 Å². The fourth-order valence-corrected chi connectivity index (χ4v) is 1.82. The van der Waals surface area contributed by atoms with Gasteiger partial charge >= 0.3 is 0 Å². The molecule has 2 rings (SSSR count). The minimum atomic E-state index is -0.641. The number of hydrogen-bond acceptors (Lipinski definition) is 4. The summed E-state index contributed by atoms with van der Waals surface area (Å²) in [6, 6.07) is 4.49. The minimum absolute atomic E-state index is 0.00512. The van der Waals surface area contributed by atoms with E-state index in [1.165, 1.54) is 12.3 Å². The van der Waals surface area contributed by atoms with Crippen LogP contribution in [0.4, 0.5) is 4.39 Å². The van der Waals surface area contributed by atoms with Crippen LogP contribution in [0.3, 0.4) is 0 Å². The Kier molecular flexibility index (Phi) is 3.98. The van der Waals surface area contributed by atoms with Gasteiger partial charge in [0.25, 0.3) is 0 Å². The SMILES string of the molecule is Cc1cc(C#N)cc(F)c1Oc1nc(Cl)ncc1Br. The van der Waals surface area contributed by atoms with Crippen LogP contribution in [0.15, 0.2) is 22.8 Å². The molecule has 7 heteroatoms. The first-order valence-electron chi connectivity index (χ1n) is 5.07. The van der Waals surface area contributed by atoms with Crippen LogP contribution < -0.4 is 4.74 Å². The van der Waals surface area contributed by atoms with Crippen molar-refractivity contribution in [3.8, 4) is 17.7 Å². The Morgan fingerprint density at radius 2 is 2.21 bits per heavy atom. The molecule has 0 spiro atoms. The van der Waals surface area contributed by atoms with Crippen molar-refractivity contribution in [1.82, 2.24) is 9.97 Å². The van der Waals surface area contributed by atoms with Crippen molar-refractivity contribution in [3.05, 3.63) is 45.0 Å².